The van der Waals surface area contributed by atoms with Crippen LogP contribution in [0.25, 0.3) is 33.4 Å². The molecule has 31 heavy (non-hydrogen) atoms. The van der Waals surface area contributed by atoms with Gasteiger partial charge in [0.25, 0.3) is 5.92 Å². The van der Waals surface area contributed by atoms with Gasteiger partial charge in [0.15, 0.2) is 5.82 Å². The van der Waals surface area contributed by atoms with Gasteiger partial charge in [0, 0.05) is 28.9 Å². The summed E-state index contributed by atoms with van der Waals surface area (Å²) >= 11 is 0. The Morgan fingerprint density at radius 1 is 1.00 bits per heavy atom. The minimum Gasteiger partial charge on any atom is -0.494 e. The van der Waals surface area contributed by atoms with Gasteiger partial charge in [0.2, 0.25) is 0 Å². The van der Waals surface area contributed by atoms with Gasteiger partial charge in [-0.15, -0.1) is 0 Å². The molecule has 1 fully saturated rings. The van der Waals surface area contributed by atoms with E-state index in [-0.39, 0.29) is 0 Å². The number of methoxy groups -OCH3 is 1. The van der Waals surface area contributed by atoms with E-state index in [2.05, 4.69) is 15.0 Å². The number of halogens is 3. The van der Waals surface area contributed by atoms with Crippen molar-refractivity contribution in [3.63, 3.8) is 0 Å². The molecular formula is C23H17F3N4O. The highest BCUT2D eigenvalue weighted by Crippen LogP contribution is 2.40. The zero-order valence-electron chi connectivity index (χ0n) is 16.5. The fourth-order valence-electron chi connectivity index (χ4n) is 3.72. The van der Waals surface area contributed by atoms with Crippen LogP contribution < -0.4 is 9.64 Å². The normalized spacial score (nSPS) is 15.0. The van der Waals surface area contributed by atoms with Crippen LogP contribution in [0.5, 0.6) is 5.75 Å². The molecule has 1 saturated heterocycles. The van der Waals surface area contributed by atoms with Crippen molar-refractivity contribution in [1.82, 2.24) is 15.0 Å². The molecule has 156 valence electrons. The topological polar surface area (TPSA) is 51.1 Å². The zero-order chi connectivity index (χ0) is 21.6. The summed E-state index contributed by atoms with van der Waals surface area (Å²) in [5.41, 5.74) is 2.03. The lowest BCUT2D eigenvalue weighted by molar-refractivity contribution is -0.0265. The summed E-state index contributed by atoms with van der Waals surface area (Å²) in [6, 6.07) is 13.3. The van der Waals surface area contributed by atoms with Gasteiger partial charge < -0.3 is 9.64 Å². The van der Waals surface area contributed by atoms with Crippen molar-refractivity contribution >= 4 is 16.7 Å². The predicted octanol–water partition coefficient (Wildman–Crippen LogP) is 4.96. The number of rotatable bonds is 4. The fourth-order valence-corrected chi connectivity index (χ4v) is 3.72. The molecule has 2 aromatic carbocycles. The van der Waals surface area contributed by atoms with Gasteiger partial charge in [0.1, 0.15) is 22.9 Å². The Labute approximate surface area is 176 Å². The standard InChI is InChI=1S/C23H17F3N4O/c1-31-19-10-15(16-6-2-3-7-18(16)24)9-17-20(19)28-21(14-5-4-8-27-11-14)29-22(17)30-12-23(25,26)13-30/h2-11H,12-13H2,1H3. The van der Waals surface area contributed by atoms with E-state index >= 15 is 0 Å². The van der Waals surface area contributed by atoms with Crippen molar-refractivity contribution in [2.24, 2.45) is 0 Å². The molecule has 1 aliphatic heterocycles. The zero-order valence-corrected chi connectivity index (χ0v) is 16.5. The molecule has 0 radical (unpaired) electrons. The summed E-state index contributed by atoms with van der Waals surface area (Å²) in [6.07, 6.45) is 3.23. The molecule has 5 nitrogen and oxygen atoms in total. The van der Waals surface area contributed by atoms with Crippen LogP contribution in [0.2, 0.25) is 0 Å². The maximum atomic E-state index is 14.4. The van der Waals surface area contributed by atoms with E-state index in [1.54, 1.807) is 54.9 Å². The number of pyridine rings is 1. The summed E-state index contributed by atoms with van der Waals surface area (Å²) in [6.45, 7) is -0.893. The quantitative estimate of drug-likeness (QED) is 0.465. The van der Waals surface area contributed by atoms with Gasteiger partial charge in [-0.1, -0.05) is 18.2 Å². The lowest BCUT2D eigenvalue weighted by atomic mass is 10.0. The van der Waals surface area contributed by atoms with E-state index in [1.807, 2.05) is 0 Å². The molecule has 1 aliphatic rings. The minimum atomic E-state index is -2.78. The van der Waals surface area contributed by atoms with Crippen LogP contribution in [-0.2, 0) is 0 Å². The first-order valence-corrected chi connectivity index (χ1v) is 9.63. The molecule has 0 spiro atoms. The molecule has 0 atom stereocenters. The lowest BCUT2D eigenvalue weighted by Crippen LogP contribution is -2.56. The van der Waals surface area contributed by atoms with Crippen molar-refractivity contribution in [2.75, 3.05) is 25.1 Å². The first-order valence-electron chi connectivity index (χ1n) is 9.63. The van der Waals surface area contributed by atoms with Crippen LogP contribution in [0.3, 0.4) is 0 Å². The van der Waals surface area contributed by atoms with Crippen LogP contribution in [-0.4, -0.2) is 41.1 Å². The second-order valence-corrected chi connectivity index (χ2v) is 7.38. The summed E-state index contributed by atoms with van der Waals surface area (Å²) in [5, 5.41) is 0.515. The van der Waals surface area contributed by atoms with Crippen molar-refractivity contribution in [3.8, 4) is 28.3 Å². The van der Waals surface area contributed by atoms with Gasteiger partial charge in [-0.3, -0.25) is 4.98 Å². The first-order chi connectivity index (χ1) is 14.9. The van der Waals surface area contributed by atoms with E-state index in [9.17, 15) is 13.2 Å². The van der Waals surface area contributed by atoms with Crippen LogP contribution >= 0.6 is 0 Å². The van der Waals surface area contributed by atoms with Gasteiger partial charge in [0.05, 0.1) is 20.2 Å². The molecule has 2 aromatic heterocycles. The number of nitrogens with zero attached hydrogens (tertiary/aromatic N) is 4. The largest absolute Gasteiger partial charge is 0.494 e. The number of alkyl halides is 2. The molecule has 0 unspecified atom stereocenters. The number of hydrogen-bond acceptors (Lipinski definition) is 5. The number of aromatic nitrogens is 3. The molecule has 0 aliphatic carbocycles. The van der Waals surface area contributed by atoms with Crippen LogP contribution in [0, 0.1) is 5.82 Å². The van der Waals surface area contributed by atoms with E-state index in [0.717, 1.165) is 0 Å². The number of benzene rings is 2. The molecular weight excluding hydrogens is 405 g/mol. The van der Waals surface area contributed by atoms with Gasteiger partial charge in [-0.25, -0.2) is 23.1 Å². The van der Waals surface area contributed by atoms with Crippen molar-refractivity contribution in [3.05, 3.63) is 66.7 Å². The van der Waals surface area contributed by atoms with E-state index < -0.39 is 24.8 Å². The first kappa shape index (κ1) is 19.3. The Morgan fingerprint density at radius 3 is 2.48 bits per heavy atom. The Kier molecular flexibility index (Phi) is 4.50. The Balaban J connectivity index is 1.77. The van der Waals surface area contributed by atoms with Crippen LogP contribution in [0.15, 0.2) is 60.9 Å². The summed E-state index contributed by atoms with van der Waals surface area (Å²) in [5.74, 6) is -2.07. The predicted molar refractivity (Wildman–Crippen MR) is 112 cm³/mol. The highest BCUT2D eigenvalue weighted by atomic mass is 19.3. The van der Waals surface area contributed by atoms with Crippen molar-refractivity contribution < 1.29 is 17.9 Å². The molecule has 4 aromatic rings. The minimum absolute atomic E-state index is 0.350. The lowest BCUT2D eigenvalue weighted by Gasteiger charge is -2.40. The SMILES string of the molecule is COc1cc(-c2ccccc2F)cc2c(N3CC(F)(F)C3)nc(-c3cccnc3)nc12. The molecule has 0 N–H and O–H groups in total. The Bertz CT molecular complexity index is 1270. The van der Waals surface area contributed by atoms with Gasteiger partial charge >= 0.3 is 0 Å². The van der Waals surface area contributed by atoms with Crippen molar-refractivity contribution in [1.29, 1.82) is 0 Å². The second kappa shape index (κ2) is 7.23. The van der Waals surface area contributed by atoms with Crippen molar-refractivity contribution in [2.45, 2.75) is 5.92 Å². The van der Waals surface area contributed by atoms with Gasteiger partial charge in [-0.05, 0) is 35.9 Å². The molecule has 0 amide bonds. The third kappa shape index (κ3) is 3.43. The number of hydrogen-bond donors (Lipinski definition) is 0. The van der Waals surface area contributed by atoms with Gasteiger partial charge in [-0.2, -0.15) is 0 Å². The monoisotopic (exact) mass is 422 g/mol. The highest BCUT2D eigenvalue weighted by molar-refractivity contribution is 5.98. The van der Waals surface area contributed by atoms with Crippen LogP contribution in [0.4, 0.5) is 19.0 Å². The number of fused-ring (bicyclic) bond motifs is 1. The smallest absolute Gasteiger partial charge is 0.282 e. The average Bonchev–Trinajstić information content (AvgIpc) is 2.77. The second-order valence-electron chi connectivity index (χ2n) is 7.38. The molecule has 0 bridgehead atoms. The summed E-state index contributed by atoms with van der Waals surface area (Å²) < 4.78 is 47.3. The Hall–Kier alpha value is -3.68. The fraction of sp³-hybridized carbons (Fsp3) is 0.174. The Morgan fingerprint density at radius 2 is 1.81 bits per heavy atom. The number of ether oxygens (including phenoxy) is 1. The summed E-state index contributed by atoms with van der Waals surface area (Å²) in [7, 11) is 1.49. The maximum absolute atomic E-state index is 14.4. The average molecular weight is 422 g/mol. The third-order valence-corrected chi connectivity index (χ3v) is 5.21. The third-order valence-electron chi connectivity index (χ3n) is 5.21. The van der Waals surface area contributed by atoms with E-state index in [1.165, 1.54) is 18.1 Å². The molecule has 0 saturated carbocycles. The number of anilines is 1. The maximum Gasteiger partial charge on any atom is 0.282 e. The molecule has 5 rings (SSSR count). The van der Waals surface area contributed by atoms with Crippen LogP contribution in [0.1, 0.15) is 0 Å². The van der Waals surface area contributed by atoms with E-state index in [0.29, 0.717) is 45.0 Å². The molecule has 8 heteroatoms. The van der Waals surface area contributed by atoms with E-state index in [4.69, 9.17) is 4.74 Å². The molecule has 3 heterocycles. The highest BCUT2D eigenvalue weighted by Gasteiger charge is 2.45. The summed E-state index contributed by atoms with van der Waals surface area (Å²) in [4.78, 5) is 14.8.